The summed E-state index contributed by atoms with van der Waals surface area (Å²) in [7, 11) is 1.45. The van der Waals surface area contributed by atoms with Gasteiger partial charge in [-0.25, -0.2) is 4.39 Å². The number of hydrogen-bond donors (Lipinski definition) is 1. The Morgan fingerprint density at radius 2 is 2.03 bits per heavy atom. The molecule has 0 unspecified atom stereocenters. The number of amides is 1. The molecular formula is C26H24FN5O4S. The molecule has 190 valence electrons. The molecule has 1 amide bonds. The van der Waals surface area contributed by atoms with Crippen molar-refractivity contribution >= 4 is 22.4 Å². The highest BCUT2D eigenvalue weighted by molar-refractivity contribution is 7.17. The van der Waals surface area contributed by atoms with Crippen LogP contribution in [0.25, 0.3) is 11.1 Å². The van der Waals surface area contributed by atoms with Crippen LogP contribution in [0.3, 0.4) is 0 Å². The van der Waals surface area contributed by atoms with Crippen molar-refractivity contribution in [2.45, 2.75) is 25.9 Å². The van der Waals surface area contributed by atoms with Gasteiger partial charge < -0.3 is 14.2 Å². The molecule has 1 fully saturated rings. The fraction of sp³-hybridized carbons (Fsp3) is 0.269. The van der Waals surface area contributed by atoms with Crippen LogP contribution in [0.4, 0.5) is 9.52 Å². The van der Waals surface area contributed by atoms with Crippen molar-refractivity contribution in [1.82, 2.24) is 20.2 Å². The van der Waals surface area contributed by atoms with E-state index in [0.29, 0.717) is 30.2 Å². The highest BCUT2D eigenvalue weighted by Gasteiger charge is 2.35. The van der Waals surface area contributed by atoms with Gasteiger partial charge in [-0.2, -0.15) is 0 Å². The van der Waals surface area contributed by atoms with Crippen molar-refractivity contribution in [3.63, 3.8) is 0 Å². The lowest BCUT2D eigenvalue weighted by Crippen LogP contribution is -2.43. The quantitative estimate of drug-likeness (QED) is 0.359. The smallest absolute Gasteiger partial charge is 0.296 e. The van der Waals surface area contributed by atoms with E-state index < -0.39 is 11.7 Å². The van der Waals surface area contributed by atoms with Crippen molar-refractivity contribution in [3.05, 3.63) is 77.1 Å². The van der Waals surface area contributed by atoms with Gasteiger partial charge in [-0.3, -0.25) is 20.1 Å². The normalized spacial score (nSPS) is 14.1. The van der Waals surface area contributed by atoms with Gasteiger partial charge in [0.05, 0.1) is 37.1 Å². The second kappa shape index (κ2) is 10.2. The molecule has 1 aliphatic rings. The number of rotatable bonds is 8. The number of hydrogen-bond acceptors (Lipinski definition) is 9. The minimum atomic E-state index is -0.513. The number of benzene rings is 1. The summed E-state index contributed by atoms with van der Waals surface area (Å²) < 4.78 is 31.1. The number of halogens is 1. The number of methoxy groups -OCH3 is 1. The van der Waals surface area contributed by atoms with Gasteiger partial charge in [0.1, 0.15) is 18.2 Å². The van der Waals surface area contributed by atoms with E-state index in [9.17, 15) is 9.18 Å². The summed E-state index contributed by atoms with van der Waals surface area (Å²) in [5.41, 5.74) is 3.21. The van der Waals surface area contributed by atoms with Crippen molar-refractivity contribution in [2.24, 2.45) is 0 Å². The third-order valence-corrected chi connectivity index (χ3v) is 6.83. The number of nitrogens with one attached hydrogen (secondary N) is 1. The lowest BCUT2D eigenvalue weighted by atomic mass is 9.82. The first-order valence-corrected chi connectivity index (χ1v) is 12.3. The largest absolute Gasteiger partial charge is 0.496 e. The number of anilines is 1. The van der Waals surface area contributed by atoms with Gasteiger partial charge in [0.2, 0.25) is 5.13 Å². The zero-order chi connectivity index (χ0) is 26.0. The molecule has 1 N–H and O–H groups in total. The Morgan fingerprint density at radius 1 is 1.19 bits per heavy atom. The van der Waals surface area contributed by atoms with Crippen molar-refractivity contribution < 1.29 is 23.4 Å². The van der Waals surface area contributed by atoms with E-state index in [-0.39, 0.29) is 33.5 Å². The van der Waals surface area contributed by atoms with Crippen LogP contribution in [-0.2, 0) is 16.8 Å². The standard InChI is InChI=1S/C26H24FN5O4S/c1-15-9-18(22-20(27)5-4-6-21(22)34-3)19(11-28-15)23(33)30-24-31-32-25(37-24)36-12-17-8-7-16(10-29-17)26(2)13-35-14-26/h4-11H,12-14H2,1-3H3,(H,30,31,33). The Bertz CT molecular complexity index is 1440. The van der Waals surface area contributed by atoms with Crippen molar-refractivity contribution in [2.75, 3.05) is 25.6 Å². The second-order valence-corrected chi connectivity index (χ2v) is 9.84. The third kappa shape index (κ3) is 5.13. The number of ether oxygens (including phenoxy) is 3. The highest BCUT2D eigenvalue weighted by Crippen LogP contribution is 2.36. The summed E-state index contributed by atoms with van der Waals surface area (Å²) in [6, 6.07) is 10.1. The molecule has 1 aliphatic heterocycles. The number of aromatic nitrogens is 4. The summed E-state index contributed by atoms with van der Waals surface area (Å²) in [5, 5.41) is 11.2. The molecule has 0 aliphatic carbocycles. The molecule has 0 bridgehead atoms. The Labute approximate surface area is 216 Å². The second-order valence-electron chi connectivity index (χ2n) is 8.90. The van der Waals surface area contributed by atoms with Gasteiger partial charge >= 0.3 is 0 Å². The minimum Gasteiger partial charge on any atom is -0.496 e. The van der Waals surface area contributed by atoms with Crippen LogP contribution in [-0.4, -0.2) is 46.4 Å². The lowest BCUT2D eigenvalue weighted by molar-refractivity contribution is -0.0501. The Hall–Kier alpha value is -3.96. The molecule has 3 aromatic heterocycles. The van der Waals surface area contributed by atoms with E-state index in [1.165, 1.54) is 19.4 Å². The van der Waals surface area contributed by atoms with E-state index in [1.54, 1.807) is 25.1 Å². The molecule has 1 saturated heterocycles. The van der Waals surface area contributed by atoms with Gasteiger partial charge in [0, 0.05) is 29.1 Å². The summed E-state index contributed by atoms with van der Waals surface area (Å²) in [5.74, 6) is -0.716. The van der Waals surface area contributed by atoms with Crippen LogP contribution < -0.4 is 14.8 Å². The molecule has 9 nitrogen and oxygen atoms in total. The van der Waals surface area contributed by atoms with E-state index in [1.807, 2.05) is 18.3 Å². The average Bonchev–Trinajstić information content (AvgIpc) is 3.33. The first-order chi connectivity index (χ1) is 17.9. The van der Waals surface area contributed by atoms with Gasteiger partial charge in [0.25, 0.3) is 11.1 Å². The van der Waals surface area contributed by atoms with Gasteiger partial charge in [0.15, 0.2) is 0 Å². The first-order valence-electron chi connectivity index (χ1n) is 11.5. The number of nitrogens with zero attached hydrogens (tertiary/aromatic N) is 4. The highest BCUT2D eigenvalue weighted by atomic mass is 32.1. The van der Waals surface area contributed by atoms with Crippen LogP contribution in [0.2, 0.25) is 0 Å². The van der Waals surface area contributed by atoms with Crippen molar-refractivity contribution in [1.29, 1.82) is 0 Å². The van der Waals surface area contributed by atoms with E-state index in [0.717, 1.165) is 22.6 Å². The predicted molar refractivity (Wildman–Crippen MR) is 136 cm³/mol. The fourth-order valence-corrected chi connectivity index (χ4v) is 4.53. The Kier molecular flexibility index (Phi) is 6.81. The molecule has 37 heavy (non-hydrogen) atoms. The number of carbonyl (C=O) groups is 1. The molecule has 0 atom stereocenters. The SMILES string of the molecule is COc1cccc(F)c1-c1cc(C)ncc1C(=O)Nc1nnc(OCc2ccc(C3(C)COC3)cn2)s1. The maximum atomic E-state index is 14.8. The Morgan fingerprint density at radius 3 is 2.73 bits per heavy atom. The zero-order valence-electron chi connectivity index (χ0n) is 20.4. The van der Waals surface area contributed by atoms with E-state index in [4.69, 9.17) is 14.2 Å². The van der Waals surface area contributed by atoms with Crippen LogP contribution in [0.5, 0.6) is 10.9 Å². The van der Waals surface area contributed by atoms with Gasteiger partial charge in [-0.15, -0.1) is 5.10 Å². The topological polar surface area (TPSA) is 108 Å². The molecule has 0 saturated carbocycles. The lowest BCUT2D eigenvalue weighted by Gasteiger charge is -2.38. The fourth-order valence-electron chi connectivity index (χ4n) is 3.94. The molecule has 11 heteroatoms. The molecule has 4 heterocycles. The summed E-state index contributed by atoms with van der Waals surface area (Å²) >= 11 is 1.07. The third-order valence-electron chi connectivity index (χ3n) is 6.08. The number of pyridine rings is 2. The van der Waals surface area contributed by atoms with Crippen LogP contribution in [0.15, 0.2) is 48.8 Å². The summed E-state index contributed by atoms with van der Waals surface area (Å²) in [6.45, 7) is 5.49. The average molecular weight is 522 g/mol. The van der Waals surface area contributed by atoms with Crippen LogP contribution >= 0.6 is 11.3 Å². The molecule has 5 rings (SSSR count). The molecule has 0 spiro atoms. The zero-order valence-corrected chi connectivity index (χ0v) is 21.3. The number of carbonyl (C=O) groups excluding carboxylic acids is 1. The first kappa shape index (κ1) is 24.7. The minimum absolute atomic E-state index is 0.0168. The van der Waals surface area contributed by atoms with Gasteiger partial charge in [-0.05, 0) is 48.1 Å². The van der Waals surface area contributed by atoms with Crippen LogP contribution in [0, 0.1) is 12.7 Å². The summed E-state index contributed by atoms with van der Waals surface area (Å²) in [6.07, 6.45) is 3.24. The maximum Gasteiger partial charge on any atom is 0.296 e. The van der Waals surface area contributed by atoms with E-state index in [2.05, 4.69) is 32.4 Å². The summed E-state index contributed by atoms with van der Waals surface area (Å²) in [4.78, 5) is 21.8. The molecular weight excluding hydrogens is 497 g/mol. The molecule has 0 radical (unpaired) electrons. The molecule has 4 aromatic rings. The Balaban J connectivity index is 1.28. The number of aryl methyl sites for hydroxylation is 1. The predicted octanol–water partition coefficient (Wildman–Crippen LogP) is 4.57. The maximum absolute atomic E-state index is 14.8. The molecule has 1 aromatic carbocycles. The van der Waals surface area contributed by atoms with Crippen LogP contribution in [0.1, 0.15) is 34.2 Å². The van der Waals surface area contributed by atoms with E-state index >= 15 is 0 Å². The van der Waals surface area contributed by atoms with Crippen molar-refractivity contribution in [3.8, 4) is 22.1 Å². The van der Waals surface area contributed by atoms with Gasteiger partial charge in [-0.1, -0.05) is 24.2 Å². The monoisotopic (exact) mass is 521 g/mol.